The number of carbonyl (C=O) groups excluding carboxylic acids is 2. The van der Waals surface area contributed by atoms with Crippen LogP contribution in [0.5, 0.6) is 0 Å². The van der Waals surface area contributed by atoms with E-state index in [1.807, 2.05) is 61.5 Å². The maximum Gasteiger partial charge on any atom is 0.240 e. The lowest BCUT2D eigenvalue weighted by Gasteiger charge is -2.23. The van der Waals surface area contributed by atoms with Crippen LogP contribution in [0.25, 0.3) is 16.9 Å². The van der Waals surface area contributed by atoms with Gasteiger partial charge in [-0.05, 0) is 38.0 Å². The molecule has 0 saturated heterocycles. The summed E-state index contributed by atoms with van der Waals surface area (Å²) in [5.74, 6) is -1.51. The zero-order valence-corrected chi connectivity index (χ0v) is 22.1. The van der Waals surface area contributed by atoms with Gasteiger partial charge < -0.3 is 5.32 Å². The highest BCUT2D eigenvalue weighted by Gasteiger charge is 2.39. The average Bonchev–Trinajstić information content (AvgIpc) is 3.68. The van der Waals surface area contributed by atoms with Crippen LogP contribution in [0.2, 0.25) is 0 Å². The molecule has 3 aromatic carbocycles. The van der Waals surface area contributed by atoms with Crippen molar-refractivity contribution in [2.24, 2.45) is 0 Å². The molecule has 1 atom stereocenters. The summed E-state index contributed by atoms with van der Waals surface area (Å²) in [7, 11) is 0. The van der Waals surface area contributed by atoms with Gasteiger partial charge in [-0.15, -0.1) is 11.8 Å². The molecule has 6 rings (SSSR count). The summed E-state index contributed by atoms with van der Waals surface area (Å²) in [5.41, 5.74) is 3.95. The number of carbonyl (C=O) groups is 2. The Labute approximate surface area is 229 Å². The molecule has 4 aromatic rings. The van der Waals surface area contributed by atoms with Crippen molar-refractivity contribution >= 4 is 29.4 Å². The van der Waals surface area contributed by atoms with Crippen LogP contribution in [-0.4, -0.2) is 39.9 Å². The van der Waals surface area contributed by atoms with Crippen LogP contribution in [0.1, 0.15) is 34.8 Å². The second-order valence-electron chi connectivity index (χ2n) is 9.88. The monoisotopic (exact) mass is 544 g/mol. The number of aryl methyl sites for hydroxylation is 1. The highest BCUT2D eigenvalue weighted by atomic mass is 32.2. The van der Waals surface area contributed by atoms with Crippen molar-refractivity contribution in [3.63, 3.8) is 0 Å². The standard InChI is InChI=1S/C30H26F2N4O2S/c1-18-7-12-22(13-8-18)36-30-27(28(34-36)19-5-3-2-4-6-19)29(23-14-9-20(31)15-24(23)32)39-17-26(38)35(30)16-25(37)33-21-10-11-21/h2-9,12-15,21,29H,10-11,16-17H2,1H3,(H,33,37)/t29-/m1/s1. The van der Waals surface area contributed by atoms with Crippen molar-refractivity contribution in [1.82, 2.24) is 15.1 Å². The maximum absolute atomic E-state index is 15.3. The van der Waals surface area contributed by atoms with E-state index in [9.17, 15) is 14.0 Å². The van der Waals surface area contributed by atoms with Crippen molar-refractivity contribution in [1.29, 1.82) is 0 Å². The van der Waals surface area contributed by atoms with Crippen molar-refractivity contribution in [2.45, 2.75) is 31.1 Å². The zero-order chi connectivity index (χ0) is 27.1. The number of rotatable bonds is 6. The summed E-state index contributed by atoms with van der Waals surface area (Å²) in [6.45, 7) is 1.79. The number of anilines is 1. The van der Waals surface area contributed by atoms with E-state index in [1.54, 1.807) is 4.68 Å². The van der Waals surface area contributed by atoms with Crippen molar-refractivity contribution in [2.75, 3.05) is 17.2 Å². The van der Waals surface area contributed by atoms with Crippen molar-refractivity contribution < 1.29 is 18.4 Å². The fourth-order valence-corrected chi connectivity index (χ4v) is 6.02. The first-order valence-corrected chi connectivity index (χ1v) is 13.9. The number of hydrogen-bond donors (Lipinski definition) is 1. The predicted molar refractivity (Wildman–Crippen MR) is 148 cm³/mol. The molecule has 1 aliphatic heterocycles. The normalized spacial score (nSPS) is 17.1. The molecule has 39 heavy (non-hydrogen) atoms. The lowest BCUT2D eigenvalue weighted by atomic mass is 9.99. The smallest absolute Gasteiger partial charge is 0.240 e. The number of nitrogens with zero attached hydrogens (tertiary/aromatic N) is 3. The van der Waals surface area contributed by atoms with Gasteiger partial charge in [-0.2, -0.15) is 5.10 Å². The Bertz CT molecular complexity index is 1550. The molecule has 9 heteroatoms. The first-order valence-electron chi connectivity index (χ1n) is 12.8. The van der Waals surface area contributed by atoms with E-state index in [2.05, 4.69) is 5.32 Å². The molecular formula is C30H26F2N4O2S. The summed E-state index contributed by atoms with van der Waals surface area (Å²) in [6, 6.07) is 20.8. The average molecular weight is 545 g/mol. The molecular weight excluding hydrogens is 518 g/mol. The quantitative estimate of drug-likeness (QED) is 0.345. The zero-order valence-electron chi connectivity index (χ0n) is 21.2. The third-order valence-electron chi connectivity index (χ3n) is 6.90. The molecule has 0 bridgehead atoms. The van der Waals surface area contributed by atoms with Gasteiger partial charge in [0.25, 0.3) is 0 Å². The molecule has 0 spiro atoms. The SMILES string of the molecule is Cc1ccc(-n2nc(-c3ccccc3)c3c2N(CC(=O)NC2CC2)C(=O)CS[C@@H]3c2ccc(F)cc2F)cc1. The van der Waals surface area contributed by atoms with Crippen LogP contribution in [0.3, 0.4) is 0 Å². The van der Waals surface area contributed by atoms with Gasteiger partial charge >= 0.3 is 0 Å². The van der Waals surface area contributed by atoms with Crippen molar-refractivity contribution in [3.8, 4) is 16.9 Å². The largest absolute Gasteiger partial charge is 0.352 e. The van der Waals surface area contributed by atoms with Gasteiger partial charge in [0.1, 0.15) is 24.0 Å². The van der Waals surface area contributed by atoms with Gasteiger partial charge in [0, 0.05) is 28.8 Å². The first-order chi connectivity index (χ1) is 18.9. The summed E-state index contributed by atoms with van der Waals surface area (Å²) in [5, 5.41) is 7.27. The molecule has 198 valence electrons. The summed E-state index contributed by atoms with van der Waals surface area (Å²) in [4.78, 5) is 28.1. The molecule has 6 nitrogen and oxygen atoms in total. The van der Waals surface area contributed by atoms with Gasteiger partial charge in [-0.25, -0.2) is 13.5 Å². The molecule has 0 unspecified atom stereocenters. The number of halogens is 2. The Morgan fingerprint density at radius 2 is 1.79 bits per heavy atom. The van der Waals surface area contributed by atoms with Crippen LogP contribution in [0.4, 0.5) is 14.6 Å². The van der Waals surface area contributed by atoms with E-state index in [-0.39, 0.29) is 35.7 Å². The molecule has 1 saturated carbocycles. The van der Waals surface area contributed by atoms with Gasteiger partial charge in [0.2, 0.25) is 11.8 Å². The highest BCUT2D eigenvalue weighted by molar-refractivity contribution is 8.00. The van der Waals surface area contributed by atoms with Crippen molar-refractivity contribution in [3.05, 3.63) is 101 Å². The van der Waals surface area contributed by atoms with Crippen LogP contribution < -0.4 is 10.2 Å². The fourth-order valence-electron chi connectivity index (χ4n) is 4.80. The molecule has 0 radical (unpaired) electrons. The number of hydrogen-bond acceptors (Lipinski definition) is 4. The topological polar surface area (TPSA) is 67.2 Å². The van der Waals surface area contributed by atoms with Gasteiger partial charge in [-0.1, -0.05) is 54.1 Å². The number of benzene rings is 3. The number of aromatic nitrogens is 2. The molecule has 2 aliphatic rings. The summed E-state index contributed by atoms with van der Waals surface area (Å²) in [6.07, 6.45) is 1.85. The third kappa shape index (κ3) is 5.06. The minimum Gasteiger partial charge on any atom is -0.352 e. The molecule has 2 heterocycles. The molecule has 1 aromatic heterocycles. The molecule has 1 aliphatic carbocycles. The van der Waals surface area contributed by atoms with E-state index in [1.165, 1.54) is 28.8 Å². The highest BCUT2D eigenvalue weighted by Crippen LogP contribution is 2.49. The Balaban J connectivity index is 1.61. The van der Waals surface area contributed by atoms with Gasteiger partial charge in [0.15, 0.2) is 0 Å². The van der Waals surface area contributed by atoms with Crippen LogP contribution in [0, 0.1) is 18.6 Å². The van der Waals surface area contributed by atoms with E-state index in [0.717, 1.165) is 30.0 Å². The van der Waals surface area contributed by atoms with Gasteiger partial charge in [0.05, 0.1) is 22.4 Å². The summed E-state index contributed by atoms with van der Waals surface area (Å²) >= 11 is 1.25. The fraction of sp³-hybridized carbons (Fsp3) is 0.233. The first kappa shape index (κ1) is 25.3. The Kier molecular flexibility index (Phi) is 6.68. The van der Waals surface area contributed by atoms with E-state index in [0.29, 0.717) is 22.8 Å². The van der Waals surface area contributed by atoms with E-state index >= 15 is 4.39 Å². The minimum absolute atomic E-state index is 0.00893. The Hall–Kier alpha value is -3.98. The number of nitrogens with one attached hydrogen (secondary N) is 1. The number of amides is 2. The van der Waals surface area contributed by atoms with Crippen LogP contribution >= 0.6 is 11.8 Å². The molecule has 1 N–H and O–H groups in total. The Morgan fingerprint density at radius 3 is 2.49 bits per heavy atom. The second kappa shape index (κ2) is 10.3. The molecule has 1 fully saturated rings. The third-order valence-corrected chi connectivity index (χ3v) is 8.14. The van der Waals surface area contributed by atoms with Crippen LogP contribution in [0.15, 0.2) is 72.8 Å². The molecule has 2 amide bonds. The number of thioether (sulfide) groups is 1. The maximum atomic E-state index is 15.3. The van der Waals surface area contributed by atoms with Crippen LogP contribution in [-0.2, 0) is 9.59 Å². The van der Waals surface area contributed by atoms with E-state index < -0.39 is 16.9 Å². The lowest BCUT2D eigenvalue weighted by Crippen LogP contribution is -2.43. The Morgan fingerprint density at radius 1 is 1.05 bits per heavy atom. The summed E-state index contributed by atoms with van der Waals surface area (Å²) < 4.78 is 30.8. The number of fused-ring (bicyclic) bond motifs is 1. The van der Waals surface area contributed by atoms with E-state index in [4.69, 9.17) is 5.10 Å². The predicted octanol–water partition coefficient (Wildman–Crippen LogP) is 5.57. The van der Waals surface area contributed by atoms with Gasteiger partial charge in [-0.3, -0.25) is 14.5 Å². The minimum atomic E-state index is -0.701. The second-order valence-corrected chi connectivity index (χ2v) is 11.0. The lowest BCUT2D eigenvalue weighted by molar-refractivity contribution is -0.123.